The smallest absolute Gasteiger partial charge is 0.271 e. The molecule has 1 heterocycles. The molecule has 0 aliphatic heterocycles. The number of hydrazone groups is 1. The van der Waals surface area contributed by atoms with Crippen LogP contribution in [-0.2, 0) is 4.79 Å². The molecule has 23 heavy (non-hydrogen) atoms. The number of imidazole rings is 1. The minimum Gasteiger partial charge on any atom is -0.348 e. The summed E-state index contributed by atoms with van der Waals surface area (Å²) in [6, 6.07) is 6.60. The van der Waals surface area contributed by atoms with Crippen LogP contribution in [0.2, 0.25) is 0 Å². The first-order valence-electron chi connectivity index (χ1n) is 6.65. The maximum Gasteiger partial charge on any atom is 0.271 e. The molecule has 0 atom stereocenters. The number of nitrogens with one attached hydrogen (secondary N) is 3. The monoisotopic (exact) mass is 313 g/mol. The standard InChI is InChI=1S/C15H15N5O3/c1-10-13(17-9-16-10)8-18-19-15(22)12-4-2-3-11(7-12)5-6-14(21)20-23/h2-9,23H,1H3,(H,16,17)(H,19,22)(H,20,21). The van der Waals surface area contributed by atoms with Gasteiger partial charge in [0.2, 0.25) is 0 Å². The van der Waals surface area contributed by atoms with E-state index in [1.54, 1.807) is 24.3 Å². The molecule has 2 amide bonds. The molecule has 8 heteroatoms. The van der Waals surface area contributed by atoms with Crippen LogP contribution < -0.4 is 10.9 Å². The maximum atomic E-state index is 12.0. The predicted molar refractivity (Wildman–Crippen MR) is 83.8 cm³/mol. The first-order chi connectivity index (χ1) is 11.1. The van der Waals surface area contributed by atoms with Crippen molar-refractivity contribution in [1.82, 2.24) is 20.9 Å². The largest absolute Gasteiger partial charge is 0.348 e. The van der Waals surface area contributed by atoms with Crippen molar-refractivity contribution in [1.29, 1.82) is 0 Å². The molecule has 0 bridgehead atoms. The van der Waals surface area contributed by atoms with Gasteiger partial charge in [-0.25, -0.2) is 15.9 Å². The summed E-state index contributed by atoms with van der Waals surface area (Å²) in [5.41, 5.74) is 6.38. The summed E-state index contributed by atoms with van der Waals surface area (Å²) >= 11 is 0. The average Bonchev–Trinajstić information content (AvgIpc) is 2.98. The molecule has 2 aromatic rings. The van der Waals surface area contributed by atoms with E-state index in [9.17, 15) is 9.59 Å². The van der Waals surface area contributed by atoms with Crippen LogP contribution in [0.1, 0.15) is 27.3 Å². The van der Waals surface area contributed by atoms with E-state index >= 15 is 0 Å². The molecule has 2 rings (SSSR count). The highest BCUT2D eigenvalue weighted by Crippen LogP contribution is 2.07. The number of benzene rings is 1. The molecule has 118 valence electrons. The van der Waals surface area contributed by atoms with E-state index in [4.69, 9.17) is 5.21 Å². The first-order valence-corrected chi connectivity index (χ1v) is 6.65. The number of rotatable bonds is 5. The van der Waals surface area contributed by atoms with Crippen LogP contribution in [0.4, 0.5) is 0 Å². The number of aromatic amines is 1. The van der Waals surface area contributed by atoms with E-state index in [0.717, 1.165) is 11.8 Å². The molecule has 1 aromatic heterocycles. The first kappa shape index (κ1) is 16.1. The second-order valence-corrected chi connectivity index (χ2v) is 4.55. The van der Waals surface area contributed by atoms with Crippen LogP contribution in [-0.4, -0.2) is 33.2 Å². The van der Waals surface area contributed by atoms with Gasteiger partial charge < -0.3 is 4.98 Å². The van der Waals surface area contributed by atoms with Crippen molar-refractivity contribution in [3.8, 4) is 0 Å². The van der Waals surface area contributed by atoms with Gasteiger partial charge in [0.1, 0.15) is 5.69 Å². The molecular formula is C15H15N5O3. The van der Waals surface area contributed by atoms with Crippen LogP contribution in [0.5, 0.6) is 0 Å². The Morgan fingerprint density at radius 3 is 2.91 bits per heavy atom. The number of aromatic nitrogens is 2. The minimum atomic E-state index is -0.654. The maximum absolute atomic E-state index is 12.0. The summed E-state index contributed by atoms with van der Waals surface area (Å²) in [6.45, 7) is 1.84. The van der Waals surface area contributed by atoms with E-state index in [1.165, 1.54) is 24.1 Å². The molecule has 0 fully saturated rings. The Balaban J connectivity index is 2.02. The van der Waals surface area contributed by atoms with Crippen LogP contribution >= 0.6 is 0 Å². The molecule has 0 spiro atoms. The fraction of sp³-hybridized carbons (Fsp3) is 0.0667. The summed E-state index contributed by atoms with van der Waals surface area (Å²) in [5, 5.41) is 12.3. The van der Waals surface area contributed by atoms with E-state index < -0.39 is 11.8 Å². The number of carbonyl (C=O) groups is 2. The van der Waals surface area contributed by atoms with Gasteiger partial charge >= 0.3 is 0 Å². The van der Waals surface area contributed by atoms with Gasteiger partial charge in [-0.15, -0.1) is 0 Å². The summed E-state index contributed by atoms with van der Waals surface area (Å²) in [4.78, 5) is 29.9. The van der Waals surface area contributed by atoms with Gasteiger partial charge in [0.05, 0.1) is 12.5 Å². The molecule has 0 radical (unpaired) electrons. The van der Waals surface area contributed by atoms with Gasteiger partial charge in [-0.2, -0.15) is 5.10 Å². The van der Waals surface area contributed by atoms with Gasteiger partial charge in [-0.05, 0) is 30.7 Å². The predicted octanol–water partition coefficient (Wildman–Crippen LogP) is 1.00. The number of hydroxylamine groups is 1. The van der Waals surface area contributed by atoms with E-state index in [-0.39, 0.29) is 0 Å². The minimum absolute atomic E-state index is 0.382. The Kier molecular flexibility index (Phi) is 5.37. The molecule has 4 N–H and O–H groups in total. The molecule has 0 unspecified atom stereocenters. The van der Waals surface area contributed by atoms with Gasteiger partial charge in [-0.1, -0.05) is 12.1 Å². The van der Waals surface area contributed by atoms with Crippen LogP contribution in [0.15, 0.2) is 41.8 Å². The summed E-state index contributed by atoms with van der Waals surface area (Å²) < 4.78 is 0. The number of aryl methyl sites for hydroxylation is 1. The summed E-state index contributed by atoms with van der Waals surface area (Å²) in [6.07, 6.45) is 5.60. The number of amides is 2. The number of hydrogen-bond donors (Lipinski definition) is 4. The fourth-order valence-electron chi connectivity index (χ4n) is 1.71. The van der Waals surface area contributed by atoms with E-state index in [1.807, 2.05) is 6.92 Å². The Hall–Kier alpha value is -3.26. The van der Waals surface area contributed by atoms with Gasteiger partial charge in [0.25, 0.3) is 11.8 Å². The third-order valence-electron chi connectivity index (χ3n) is 2.91. The van der Waals surface area contributed by atoms with Crippen molar-refractivity contribution >= 4 is 24.1 Å². The Labute approximate surface area is 131 Å². The lowest BCUT2D eigenvalue weighted by molar-refractivity contribution is -0.124. The number of nitrogens with zero attached hydrogens (tertiary/aromatic N) is 2. The molecule has 0 saturated heterocycles. The quantitative estimate of drug-likeness (QED) is 0.285. The number of hydrogen-bond acceptors (Lipinski definition) is 5. The van der Waals surface area contributed by atoms with Crippen molar-refractivity contribution in [2.24, 2.45) is 5.10 Å². The lowest BCUT2D eigenvalue weighted by Gasteiger charge is -2.01. The zero-order valence-corrected chi connectivity index (χ0v) is 12.3. The summed E-state index contributed by atoms with van der Waals surface area (Å²) in [5.74, 6) is -1.05. The molecule has 0 aliphatic rings. The second kappa shape index (κ2) is 7.66. The Bertz CT molecular complexity index is 764. The summed E-state index contributed by atoms with van der Waals surface area (Å²) in [7, 11) is 0. The highest BCUT2D eigenvalue weighted by molar-refractivity contribution is 5.96. The van der Waals surface area contributed by atoms with Crippen molar-refractivity contribution in [2.75, 3.05) is 0 Å². The fourth-order valence-corrected chi connectivity index (χ4v) is 1.71. The SMILES string of the molecule is Cc1[nH]cnc1C=NNC(=O)c1cccc(C=CC(=O)NO)c1. The zero-order valence-electron chi connectivity index (χ0n) is 12.3. The lowest BCUT2D eigenvalue weighted by atomic mass is 10.1. The molecule has 0 aliphatic carbocycles. The highest BCUT2D eigenvalue weighted by Gasteiger charge is 2.04. The molecule has 1 aromatic carbocycles. The number of carbonyl (C=O) groups excluding carboxylic acids is 2. The van der Waals surface area contributed by atoms with E-state index in [2.05, 4.69) is 20.5 Å². The normalized spacial score (nSPS) is 11.0. The van der Waals surface area contributed by atoms with Crippen LogP contribution in [0.25, 0.3) is 6.08 Å². The van der Waals surface area contributed by atoms with Crippen LogP contribution in [0, 0.1) is 6.92 Å². The van der Waals surface area contributed by atoms with E-state index in [0.29, 0.717) is 16.8 Å². The topological polar surface area (TPSA) is 119 Å². The third kappa shape index (κ3) is 4.61. The highest BCUT2D eigenvalue weighted by atomic mass is 16.5. The molecule has 0 saturated carbocycles. The van der Waals surface area contributed by atoms with Crippen molar-refractivity contribution in [2.45, 2.75) is 6.92 Å². The Morgan fingerprint density at radius 2 is 2.22 bits per heavy atom. The second-order valence-electron chi connectivity index (χ2n) is 4.55. The Morgan fingerprint density at radius 1 is 1.39 bits per heavy atom. The van der Waals surface area contributed by atoms with Crippen LogP contribution in [0.3, 0.4) is 0 Å². The zero-order chi connectivity index (χ0) is 16.7. The molecular weight excluding hydrogens is 298 g/mol. The average molecular weight is 313 g/mol. The third-order valence-corrected chi connectivity index (χ3v) is 2.91. The van der Waals surface area contributed by atoms with Gasteiger partial charge in [0, 0.05) is 17.3 Å². The molecule has 8 nitrogen and oxygen atoms in total. The lowest BCUT2D eigenvalue weighted by Crippen LogP contribution is -2.17. The van der Waals surface area contributed by atoms with Crippen molar-refractivity contribution in [3.63, 3.8) is 0 Å². The van der Waals surface area contributed by atoms with Gasteiger partial charge in [0.15, 0.2) is 0 Å². The van der Waals surface area contributed by atoms with Gasteiger partial charge in [-0.3, -0.25) is 14.8 Å². The van der Waals surface area contributed by atoms with Crippen molar-refractivity contribution < 1.29 is 14.8 Å². The van der Waals surface area contributed by atoms with Crippen molar-refractivity contribution in [3.05, 3.63) is 59.2 Å². The number of H-pyrrole nitrogens is 1.